The molecule has 2 aromatic carbocycles. The lowest BCUT2D eigenvalue weighted by Crippen LogP contribution is -2.05. The number of halogens is 1. The minimum Gasteiger partial charge on any atom is -0.462 e. The number of hydrogen-bond donors (Lipinski definition) is 0. The van der Waals surface area contributed by atoms with Crippen LogP contribution in [-0.4, -0.2) is 22.5 Å². The molecule has 24 heavy (non-hydrogen) atoms. The van der Waals surface area contributed by atoms with Crippen molar-refractivity contribution in [2.24, 2.45) is 0 Å². The standard InChI is InChI=1S/C16H11FN2O5/c1-2-23-16(20)12-7-11(19(21)22)8-13-14(12)24-15(18-13)9-3-5-10(17)6-4-9/h3-8H,2H2,1H3. The molecule has 1 heterocycles. The van der Waals surface area contributed by atoms with Gasteiger partial charge in [-0.05, 0) is 31.2 Å². The number of carbonyl (C=O) groups is 1. The Morgan fingerprint density at radius 1 is 1.33 bits per heavy atom. The summed E-state index contributed by atoms with van der Waals surface area (Å²) >= 11 is 0. The smallest absolute Gasteiger partial charge is 0.342 e. The topological polar surface area (TPSA) is 95.5 Å². The highest BCUT2D eigenvalue weighted by atomic mass is 19.1. The quantitative estimate of drug-likeness (QED) is 0.411. The van der Waals surface area contributed by atoms with E-state index < -0.39 is 16.7 Å². The first-order chi connectivity index (χ1) is 11.5. The van der Waals surface area contributed by atoms with E-state index in [-0.39, 0.29) is 34.8 Å². The van der Waals surface area contributed by atoms with Gasteiger partial charge in [0.2, 0.25) is 5.89 Å². The van der Waals surface area contributed by atoms with Crippen molar-refractivity contribution in [2.75, 3.05) is 6.61 Å². The van der Waals surface area contributed by atoms with Gasteiger partial charge in [-0.15, -0.1) is 0 Å². The lowest BCUT2D eigenvalue weighted by molar-refractivity contribution is -0.384. The largest absolute Gasteiger partial charge is 0.462 e. The minimum atomic E-state index is -0.743. The van der Waals surface area contributed by atoms with Gasteiger partial charge in [-0.2, -0.15) is 0 Å². The van der Waals surface area contributed by atoms with Crippen molar-refractivity contribution >= 4 is 22.8 Å². The van der Waals surface area contributed by atoms with E-state index >= 15 is 0 Å². The Balaban J connectivity index is 2.19. The Bertz CT molecular complexity index is 934. The molecule has 0 fully saturated rings. The highest BCUT2D eigenvalue weighted by Gasteiger charge is 2.22. The van der Waals surface area contributed by atoms with Crippen LogP contribution in [0.2, 0.25) is 0 Å². The Kier molecular flexibility index (Phi) is 3.95. The number of nitro groups is 1. The molecular weight excluding hydrogens is 319 g/mol. The average molecular weight is 330 g/mol. The molecule has 7 nitrogen and oxygen atoms in total. The van der Waals surface area contributed by atoms with Crippen molar-refractivity contribution in [3.63, 3.8) is 0 Å². The molecule has 0 bridgehead atoms. The number of ether oxygens (including phenoxy) is 1. The van der Waals surface area contributed by atoms with Crippen LogP contribution in [0.25, 0.3) is 22.6 Å². The van der Waals surface area contributed by atoms with Crippen molar-refractivity contribution in [1.29, 1.82) is 0 Å². The fourth-order valence-corrected chi connectivity index (χ4v) is 2.20. The van der Waals surface area contributed by atoms with E-state index in [0.717, 1.165) is 6.07 Å². The van der Waals surface area contributed by atoms with Crippen molar-refractivity contribution in [3.05, 3.63) is 57.9 Å². The van der Waals surface area contributed by atoms with Crippen LogP contribution in [0.1, 0.15) is 17.3 Å². The first-order valence-corrected chi connectivity index (χ1v) is 7.01. The summed E-state index contributed by atoms with van der Waals surface area (Å²) in [6.07, 6.45) is 0. The van der Waals surface area contributed by atoms with Crippen LogP contribution in [0.3, 0.4) is 0 Å². The summed E-state index contributed by atoms with van der Waals surface area (Å²) < 4.78 is 23.5. The zero-order valence-corrected chi connectivity index (χ0v) is 12.5. The minimum absolute atomic E-state index is 0.0816. The lowest BCUT2D eigenvalue weighted by Gasteiger charge is -2.02. The molecule has 3 rings (SSSR count). The molecule has 0 amide bonds. The summed E-state index contributed by atoms with van der Waals surface area (Å²) in [5, 5.41) is 11.0. The average Bonchev–Trinajstić information content (AvgIpc) is 2.98. The predicted octanol–water partition coefficient (Wildman–Crippen LogP) is 3.72. The van der Waals surface area contributed by atoms with Crippen LogP contribution in [0.15, 0.2) is 40.8 Å². The third kappa shape index (κ3) is 2.81. The molecule has 0 radical (unpaired) electrons. The summed E-state index contributed by atoms with van der Waals surface area (Å²) in [5.41, 5.74) is 0.321. The van der Waals surface area contributed by atoms with E-state index in [1.165, 1.54) is 30.3 Å². The van der Waals surface area contributed by atoms with Crippen LogP contribution in [-0.2, 0) is 4.74 Å². The summed E-state index contributed by atoms with van der Waals surface area (Å²) in [6, 6.07) is 7.67. The van der Waals surface area contributed by atoms with Gasteiger partial charge in [-0.1, -0.05) is 0 Å². The molecule has 0 saturated carbocycles. The van der Waals surface area contributed by atoms with Crippen molar-refractivity contribution in [1.82, 2.24) is 4.98 Å². The SMILES string of the molecule is CCOC(=O)c1cc([N+](=O)[O-])cc2nc(-c3ccc(F)cc3)oc12. The number of aromatic nitrogens is 1. The summed E-state index contributed by atoms with van der Waals surface area (Å²) in [4.78, 5) is 26.6. The molecule has 0 unspecified atom stereocenters. The molecule has 0 aliphatic rings. The maximum Gasteiger partial charge on any atom is 0.342 e. The van der Waals surface area contributed by atoms with Crippen LogP contribution in [0.5, 0.6) is 0 Å². The molecule has 8 heteroatoms. The predicted molar refractivity (Wildman–Crippen MR) is 82.0 cm³/mol. The monoisotopic (exact) mass is 330 g/mol. The highest BCUT2D eigenvalue weighted by Crippen LogP contribution is 2.30. The number of hydrogen-bond acceptors (Lipinski definition) is 6. The number of oxazole rings is 1. The van der Waals surface area contributed by atoms with Gasteiger partial charge in [0.25, 0.3) is 5.69 Å². The number of esters is 1. The first kappa shape index (κ1) is 15.6. The number of nitrogens with zero attached hydrogens (tertiary/aromatic N) is 2. The van der Waals surface area contributed by atoms with Crippen LogP contribution >= 0.6 is 0 Å². The fourth-order valence-electron chi connectivity index (χ4n) is 2.20. The number of non-ortho nitro benzene ring substituents is 1. The van der Waals surface area contributed by atoms with E-state index in [0.29, 0.717) is 5.56 Å². The normalized spacial score (nSPS) is 10.8. The van der Waals surface area contributed by atoms with Gasteiger partial charge in [0.1, 0.15) is 16.9 Å². The fraction of sp³-hybridized carbons (Fsp3) is 0.125. The van der Waals surface area contributed by atoms with Crippen molar-refractivity contribution in [2.45, 2.75) is 6.92 Å². The lowest BCUT2D eigenvalue weighted by atomic mass is 10.1. The maximum absolute atomic E-state index is 13.0. The second-order valence-electron chi connectivity index (χ2n) is 4.85. The number of rotatable bonds is 4. The highest BCUT2D eigenvalue weighted by molar-refractivity contribution is 6.02. The molecule has 0 N–H and O–H groups in total. The number of nitro benzene ring substituents is 1. The van der Waals surface area contributed by atoms with Crippen molar-refractivity contribution in [3.8, 4) is 11.5 Å². The molecule has 0 saturated heterocycles. The summed E-state index contributed by atoms with van der Waals surface area (Å²) in [6.45, 7) is 1.73. The molecule has 122 valence electrons. The summed E-state index contributed by atoms with van der Waals surface area (Å²) in [5.74, 6) is -1.04. The zero-order chi connectivity index (χ0) is 17.3. The molecule has 0 aliphatic carbocycles. The summed E-state index contributed by atoms with van der Waals surface area (Å²) in [7, 11) is 0. The Hall–Kier alpha value is -3.29. The molecule has 3 aromatic rings. The third-order valence-electron chi connectivity index (χ3n) is 3.27. The second-order valence-corrected chi connectivity index (χ2v) is 4.85. The van der Waals surface area contributed by atoms with Gasteiger partial charge >= 0.3 is 5.97 Å². The van der Waals surface area contributed by atoms with E-state index in [9.17, 15) is 19.3 Å². The van der Waals surface area contributed by atoms with Gasteiger partial charge in [-0.25, -0.2) is 14.2 Å². The molecule has 0 aliphatic heterocycles. The van der Waals surface area contributed by atoms with Gasteiger partial charge in [0, 0.05) is 17.7 Å². The van der Waals surface area contributed by atoms with E-state index in [1.807, 2.05) is 0 Å². The third-order valence-corrected chi connectivity index (χ3v) is 3.27. The van der Waals surface area contributed by atoms with Gasteiger partial charge < -0.3 is 9.15 Å². The van der Waals surface area contributed by atoms with Crippen LogP contribution in [0, 0.1) is 15.9 Å². The molecule has 0 atom stereocenters. The maximum atomic E-state index is 13.0. The number of carbonyl (C=O) groups excluding carboxylic acids is 1. The number of benzene rings is 2. The Morgan fingerprint density at radius 2 is 2.04 bits per heavy atom. The van der Waals surface area contributed by atoms with Crippen molar-refractivity contribution < 1.29 is 23.3 Å². The van der Waals surface area contributed by atoms with Crippen LogP contribution in [0.4, 0.5) is 10.1 Å². The number of fused-ring (bicyclic) bond motifs is 1. The van der Waals surface area contributed by atoms with E-state index in [1.54, 1.807) is 6.92 Å². The zero-order valence-electron chi connectivity index (χ0n) is 12.5. The second kappa shape index (κ2) is 6.07. The van der Waals surface area contributed by atoms with Gasteiger partial charge in [0.15, 0.2) is 5.58 Å². The molecule has 1 aromatic heterocycles. The van der Waals surface area contributed by atoms with E-state index in [2.05, 4.69) is 4.98 Å². The van der Waals surface area contributed by atoms with Gasteiger partial charge in [0.05, 0.1) is 11.5 Å². The van der Waals surface area contributed by atoms with Crippen LogP contribution < -0.4 is 0 Å². The molecule has 0 spiro atoms. The van der Waals surface area contributed by atoms with E-state index in [4.69, 9.17) is 9.15 Å². The Morgan fingerprint density at radius 3 is 2.67 bits per heavy atom. The Labute approximate surface area is 134 Å². The molecular formula is C16H11FN2O5. The first-order valence-electron chi connectivity index (χ1n) is 7.01. The van der Waals surface area contributed by atoms with Gasteiger partial charge in [-0.3, -0.25) is 10.1 Å².